The number of hydrogen-bond acceptors (Lipinski definition) is 6. The van der Waals surface area contributed by atoms with Crippen molar-refractivity contribution in [3.63, 3.8) is 0 Å². The molecule has 0 radical (unpaired) electrons. The Labute approximate surface area is 189 Å². The molecule has 1 atom stereocenters. The van der Waals surface area contributed by atoms with Crippen molar-refractivity contribution in [1.82, 2.24) is 20.6 Å². The number of carbonyl (C=O) groups is 2. The van der Waals surface area contributed by atoms with E-state index in [4.69, 9.17) is 16.3 Å². The third-order valence-corrected chi connectivity index (χ3v) is 6.67. The molecule has 2 bridgehead atoms. The number of amides is 2. The molecule has 1 heterocycles. The maximum atomic E-state index is 13.5. The van der Waals surface area contributed by atoms with Gasteiger partial charge in [0.2, 0.25) is 0 Å². The van der Waals surface area contributed by atoms with E-state index in [9.17, 15) is 19.1 Å². The van der Waals surface area contributed by atoms with Gasteiger partial charge in [-0.2, -0.15) is 0 Å². The van der Waals surface area contributed by atoms with E-state index in [-0.39, 0.29) is 29.0 Å². The first-order valence-corrected chi connectivity index (χ1v) is 10.8. The highest BCUT2D eigenvalue weighted by Gasteiger charge is 2.55. The van der Waals surface area contributed by atoms with Gasteiger partial charge in [-0.1, -0.05) is 11.6 Å². The molecule has 8 nitrogen and oxygen atoms in total. The minimum Gasteiger partial charge on any atom is -0.484 e. The van der Waals surface area contributed by atoms with Crippen LogP contribution in [-0.4, -0.2) is 50.7 Å². The fraction of sp³-hybridized carbons (Fsp3) is 0.455. The van der Waals surface area contributed by atoms with E-state index in [1.807, 2.05) is 0 Å². The predicted octanol–water partition coefficient (Wildman–Crippen LogP) is 2.32. The molecule has 5 rings (SSSR count). The number of halogens is 2. The van der Waals surface area contributed by atoms with Crippen LogP contribution in [0.15, 0.2) is 30.6 Å². The fourth-order valence-electron chi connectivity index (χ4n) is 4.51. The van der Waals surface area contributed by atoms with Gasteiger partial charge < -0.3 is 20.5 Å². The van der Waals surface area contributed by atoms with Crippen LogP contribution in [0, 0.1) is 12.7 Å². The minimum absolute atomic E-state index is 0.0294. The summed E-state index contributed by atoms with van der Waals surface area (Å²) in [7, 11) is 0. The standard InChI is InChI=1S/C22H24ClFN4O4/c1-13-10-26-17(11-25-13)20(31)28-21-4-6-22(7-5-21,18(29)9-21)27-19(30)12-32-14-2-3-15(23)16(24)8-14/h2-3,8,10-11,18,29H,4-7,9,12H2,1H3,(H,27,30)(H,28,31)/t18-,21?,22?/m0/s1. The van der Waals surface area contributed by atoms with E-state index in [0.29, 0.717) is 32.1 Å². The zero-order chi connectivity index (χ0) is 22.9. The van der Waals surface area contributed by atoms with Crippen molar-refractivity contribution in [2.75, 3.05) is 6.61 Å². The Hall–Kier alpha value is -2.78. The molecule has 3 aliphatic rings. The Morgan fingerprint density at radius 2 is 1.97 bits per heavy atom. The Kier molecular flexibility index (Phi) is 6.05. The molecular weight excluding hydrogens is 439 g/mol. The molecule has 0 aliphatic heterocycles. The van der Waals surface area contributed by atoms with Gasteiger partial charge in [0.05, 0.1) is 28.6 Å². The normalized spacial score (nSPS) is 26.4. The molecule has 3 saturated carbocycles. The molecule has 0 unspecified atom stereocenters. The number of hydrogen-bond donors (Lipinski definition) is 3. The first kappa shape index (κ1) is 22.4. The summed E-state index contributed by atoms with van der Waals surface area (Å²) in [5.74, 6) is -1.18. The fourth-order valence-corrected chi connectivity index (χ4v) is 4.62. The molecule has 170 valence electrons. The monoisotopic (exact) mass is 462 g/mol. The number of benzene rings is 1. The number of nitrogens with one attached hydrogen (secondary N) is 2. The number of rotatable bonds is 6. The van der Waals surface area contributed by atoms with Crippen LogP contribution in [-0.2, 0) is 4.79 Å². The third-order valence-electron chi connectivity index (χ3n) is 6.36. The summed E-state index contributed by atoms with van der Waals surface area (Å²) in [4.78, 5) is 33.3. The molecule has 10 heteroatoms. The molecule has 3 aliphatic carbocycles. The van der Waals surface area contributed by atoms with Crippen molar-refractivity contribution < 1.29 is 23.8 Å². The van der Waals surface area contributed by atoms with Crippen molar-refractivity contribution >= 4 is 23.4 Å². The van der Waals surface area contributed by atoms with E-state index >= 15 is 0 Å². The van der Waals surface area contributed by atoms with Crippen molar-refractivity contribution in [3.8, 4) is 5.75 Å². The second-order valence-electron chi connectivity index (χ2n) is 8.57. The van der Waals surface area contributed by atoms with Crippen LogP contribution in [0.4, 0.5) is 4.39 Å². The van der Waals surface area contributed by atoms with Gasteiger partial charge in [0.1, 0.15) is 17.3 Å². The van der Waals surface area contributed by atoms with Crippen molar-refractivity contribution in [2.24, 2.45) is 0 Å². The van der Waals surface area contributed by atoms with Crippen molar-refractivity contribution in [1.29, 1.82) is 0 Å². The topological polar surface area (TPSA) is 113 Å². The van der Waals surface area contributed by atoms with Crippen LogP contribution in [0.1, 0.15) is 48.3 Å². The number of carbonyl (C=O) groups excluding carboxylic acids is 2. The summed E-state index contributed by atoms with van der Waals surface area (Å²) in [6.07, 6.45) is 4.69. The second-order valence-corrected chi connectivity index (χ2v) is 8.97. The molecule has 2 aromatic rings. The zero-order valence-electron chi connectivity index (χ0n) is 17.5. The summed E-state index contributed by atoms with van der Waals surface area (Å²) in [5, 5.41) is 16.7. The lowest BCUT2D eigenvalue weighted by molar-refractivity contribution is -0.132. The van der Waals surface area contributed by atoms with E-state index in [1.165, 1.54) is 24.5 Å². The molecule has 3 N–H and O–H groups in total. The maximum Gasteiger partial charge on any atom is 0.271 e. The Morgan fingerprint density at radius 3 is 2.59 bits per heavy atom. The van der Waals surface area contributed by atoms with Gasteiger partial charge in [0.25, 0.3) is 11.8 Å². The molecular formula is C22H24ClFN4O4. The molecule has 0 spiro atoms. The van der Waals surface area contributed by atoms with Gasteiger partial charge in [-0.3, -0.25) is 14.6 Å². The molecule has 3 fully saturated rings. The highest BCUT2D eigenvalue weighted by molar-refractivity contribution is 6.30. The quantitative estimate of drug-likeness (QED) is 0.607. The Morgan fingerprint density at radius 1 is 1.22 bits per heavy atom. The largest absolute Gasteiger partial charge is 0.484 e. The van der Waals surface area contributed by atoms with Gasteiger partial charge in [0.15, 0.2) is 6.61 Å². The van der Waals surface area contributed by atoms with Gasteiger partial charge in [-0.15, -0.1) is 0 Å². The molecule has 1 aromatic carbocycles. The van der Waals surface area contributed by atoms with Crippen LogP contribution >= 0.6 is 11.6 Å². The van der Waals surface area contributed by atoms with Crippen LogP contribution in [0.25, 0.3) is 0 Å². The molecule has 32 heavy (non-hydrogen) atoms. The van der Waals surface area contributed by atoms with Crippen LogP contribution in [0.5, 0.6) is 5.75 Å². The van der Waals surface area contributed by atoms with Gasteiger partial charge >= 0.3 is 0 Å². The first-order valence-electron chi connectivity index (χ1n) is 10.4. The predicted molar refractivity (Wildman–Crippen MR) is 114 cm³/mol. The Balaban J connectivity index is 1.34. The highest BCUT2D eigenvalue weighted by atomic mass is 35.5. The summed E-state index contributed by atoms with van der Waals surface area (Å²) in [6.45, 7) is 1.47. The average Bonchev–Trinajstić information content (AvgIpc) is 2.76. The number of aryl methyl sites for hydroxylation is 1. The molecule has 0 saturated heterocycles. The summed E-state index contributed by atoms with van der Waals surface area (Å²) >= 11 is 5.64. The van der Waals surface area contributed by atoms with Crippen LogP contribution in [0.2, 0.25) is 5.02 Å². The average molecular weight is 463 g/mol. The minimum atomic E-state index is -0.827. The zero-order valence-corrected chi connectivity index (χ0v) is 18.3. The molecule has 1 aromatic heterocycles. The summed E-state index contributed by atoms with van der Waals surface area (Å²) in [6, 6.07) is 3.94. The van der Waals surface area contributed by atoms with E-state index in [0.717, 1.165) is 11.8 Å². The lowest BCUT2D eigenvalue weighted by Gasteiger charge is -2.56. The van der Waals surface area contributed by atoms with Crippen molar-refractivity contribution in [3.05, 3.63) is 52.8 Å². The van der Waals surface area contributed by atoms with Gasteiger partial charge in [-0.05, 0) is 51.2 Å². The Bertz CT molecular complexity index is 1030. The maximum absolute atomic E-state index is 13.5. The second kappa shape index (κ2) is 8.63. The number of ether oxygens (including phenoxy) is 1. The first-order chi connectivity index (χ1) is 15.2. The smallest absolute Gasteiger partial charge is 0.271 e. The SMILES string of the molecule is Cc1cnc(C(=O)NC23CCC(NC(=O)COc4ccc(Cl)c(F)c4)(CC2)[C@@H](O)C3)cn1. The number of aromatic nitrogens is 2. The lowest BCUT2D eigenvalue weighted by Crippen LogP contribution is -2.70. The number of aliphatic hydroxyl groups excluding tert-OH is 1. The van der Waals surface area contributed by atoms with E-state index in [1.54, 1.807) is 6.92 Å². The van der Waals surface area contributed by atoms with Crippen LogP contribution < -0.4 is 15.4 Å². The van der Waals surface area contributed by atoms with E-state index < -0.39 is 28.9 Å². The highest BCUT2D eigenvalue weighted by Crippen LogP contribution is 2.47. The van der Waals surface area contributed by atoms with Crippen molar-refractivity contribution in [2.45, 2.75) is 56.2 Å². The third kappa shape index (κ3) is 4.54. The number of nitrogens with zero attached hydrogens (tertiary/aromatic N) is 2. The summed E-state index contributed by atoms with van der Waals surface area (Å²) < 4.78 is 18.9. The van der Waals surface area contributed by atoms with Crippen LogP contribution in [0.3, 0.4) is 0 Å². The lowest BCUT2D eigenvalue weighted by atomic mass is 9.60. The van der Waals surface area contributed by atoms with Gasteiger partial charge in [-0.25, -0.2) is 9.37 Å². The number of fused-ring (bicyclic) bond motifs is 3. The number of aliphatic hydroxyl groups is 1. The summed E-state index contributed by atoms with van der Waals surface area (Å²) in [5.41, 5.74) is -0.378. The molecule has 2 amide bonds. The van der Waals surface area contributed by atoms with Gasteiger partial charge in [0, 0.05) is 17.8 Å². The van der Waals surface area contributed by atoms with E-state index in [2.05, 4.69) is 20.6 Å².